The molecular weight excluding hydrogens is 304 g/mol. The fourth-order valence-corrected chi connectivity index (χ4v) is 3.16. The molecule has 1 aliphatic heterocycles. The Kier molecular flexibility index (Phi) is 5.53. The number of nitrogens with zero attached hydrogens (tertiary/aromatic N) is 2. The van der Waals surface area contributed by atoms with E-state index in [4.69, 9.17) is 14.2 Å². The third kappa shape index (κ3) is 4.16. The normalized spacial score (nSPS) is 23.5. The van der Waals surface area contributed by atoms with E-state index < -0.39 is 5.79 Å². The van der Waals surface area contributed by atoms with Crippen LogP contribution in [0, 0.1) is 0 Å². The largest absolute Gasteiger partial charge is 0.497 e. The summed E-state index contributed by atoms with van der Waals surface area (Å²) in [5, 5.41) is 0. The molecule has 1 fully saturated rings. The maximum atomic E-state index is 6.33. The van der Waals surface area contributed by atoms with E-state index in [1.807, 2.05) is 29.2 Å². The number of aromatic nitrogens is 2. The summed E-state index contributed by atoms with van der Waals surface area (Å²) in [6.07, 6.45) is 9.60. The molecule has 130 valence electrons. The smallest absolute Gasteiger partial charge is 0.187 e. The number of ether oxygens (including phenoxy) is 3. The molecule has 1 aliphatic rings. The first-order valence-corrected chi connectivity index (χ1v) is 8.63. The summed E-state index contributed by atoms with van der Waals surface area (Å²) >= 11 is 0. The van der Waals surface area contributed by atoms with Crippen molar-refractivity contribution in [2.24, 2.45) is 0 Å². The molecule has 3 rings (SSSR count). The monoisotopic (exact) mass is 330 g/mol. The lowest BCUT2D eigenvalue weighted by Crippen LogP contribution is -2.36. The Labute approximate surface area is 143 Å². The summed E-state index contributed by atoms with van der Waals surface area (Å²) in [5.41, 5.74) is 1.26. The number of imidazole rings is 1. The maximum absolute atomic E-state index is 6.33. The van der Waals surface area contributed by atoms with Crippen LogP contribution in [-0.4, -0.2) is 35.2 Å². The highest BCUT2D eigenvalue weighted by molar-refractivity contribution is 5.27. The average molecular weight is 330 g/mol. The molecule has 0 bridgehead atoms. The van der Waals surface area contributed by atoms with Gasteiger partial charge in [-0.2, -0.15) is 0 Å². The second kappa shape index (κ2) is 7.81. The second-order valence-electron chi connectivity index (χ2n) is 6.33. The Balaban J connectivity index is 1.67. The van der Waals surface area contributed by atoms with Crippen LogP contribution >= 0.6 is 0 Å². The Morgan fingerprint density at radius 2 is 2.17 bits per heavy atom. The first kappa shape index (κ1) is 17.0. The lowest BCUT2D eigenvalue weighted by molar-refractivity contribution is -0.182. The van der Waals surface area contributed by atoms with E-state index in [-0.39, 0.29) is 6.10 Å². The van der Waals surface area contributed by atoms with Crippen molar-refractivity contribution in [1.29, 1.82) is 0 Å². The summed E-state index contributed by atoms with van der Waals surface area (Å²) in [6, 6.07) is 8.19. The Hall–Kier alpha value is -1.85. The number of rotatable bonds is 8. The molecule has 0 radical (unpaired) electrons. The van der Waals surface area contributed by atoms with Crippen LogP contribution in [0.25, 0.3) is 0 Å². The van der Waals surface area contributed by atoms with Crippen LogP contribution in [0.5, 0.6) is 5.75 Å². The molecule has 1 aromatic heterocycles. The Bertz CT molecular complexity index is 612. The van der Waals surface area contributed by atoms with Crippen LogP contribution in [-0.2, 0) is 22.4 Å². The third-order valence-corrected chi connectivity index (χ3v) is 4.46. The van der Waals surface area contributed by atoms with E-state index in [2.05, 4.69) is 24.0 Å². The van der Waals surface area contributed by atoms with Gasteiger partial charge in [-0.25, -0.2) is 4.98 Å². The number of hydrogen-bond donors (Lipinski definition) is 0. The minimum atomic E-state index is -0.569. The van der Waals surface area contributed by atoms with Gasteiger partial charge in [-0.3, -0.25) is 0 Å². The summed E-state index contributed by atoms with van der Waals surface area (Å²) in [6.45, 7) is 3.52. The van der Waals surface area contributed by atoms with Gasteiger partial charge in [0.15, 0.2) is 5.79 Å². The Morgan fingerprint density at radius 3 is 2.83 bits per heavy atom. The van der Waals surface area contributed by atoms with Crippen molar-refractivity contribution >= 4 is 0 Å². The maximum Gasteiger partial charge on any atom is 0.187 e. The molecule has 0 saturated carbocycles. The molecule has 0 aliphatic carbocycles. The molecule has 1 aromatic carbocycles. The number of hydrogen-bond acceptors (Lipinski definition) is 4. The van der Waals surface area contributed by atoms with Crippen molar-refractivity contribution in [2.75, 3.05) is 13.7 Å². The third-order valence-electron chi connectivity index (χ3n) is 4.46. The van der Waals surface area contributed by atoms with E-state index in [9.17, 15) is 0 Å². The minimum absolute atomic E-state index is 0.189. The standard InChI is InChI=1S/C19H26N2O3/c1-3-4-18-13-23-19(24-18,14-21-12-11-20-15-21)10-9-16-5-7-17(22-2)8-6-16/h5-8,11-12,15,18H,3-4,9-10,13-14H2,1-2H3. The van der Waals surface area contributed by atoms with Crippen LogP contribution < -0.4 is 4.74 Å². The van der Waals surface area contributed by atoms with Crippen LogP contribution in [0.15, 0.2) is 43.0 Å². The van der Waals surface area contributed by atoms with Crippen LogP contribution in [0.3, 0.4) is 0 Å². The lowest BCUT2D eigenvalue weighted by Gasteiger charge is -2.28. The van der Waals surface area contributed by atoms with Crippen molar-refractivity contribution in [1.82, 2.24) is 9.55 Å². The zero-order chi connectivity index (χ0) is 16.8. The minimum Gasteiger partial charge on any atom is -0.497 e. The molecule has 5 heteroatoms. The molecule has 24 heavy (non-hydrogen) atoms. The lowest BCUT2D eigenvalue weighted by atomic mass is 10.0. The summed E-state index contributed by atoms with van der Waals surface area (Å²) in [5.74, 6) is 0.309. The van der Waals surface area contributed by atoms with E-state index >= 15 is 0 Å². The molecule has 0 N–H and O–H groups in total. The van der Waals surface area contributed by atoms with Gasteiger partial charge in [-0.15, -0.1) is 0 Å². The zero-order valence-corrected chi connectivity index (χ0v) is 14.5. The highest BCUT2D eigenvalue weighted by atomic mass is 16.7. The molecular formula is C19H26N2O3. The van der Waals surface area contributed by atoms with Crippen molar-refractivity contribution in [3.63, 3.8) is 0 Å². The fraction of sp³-hybridized carbons (Fsp3) is 0.526. The number of methoxy groups -OCH3 is 1. The topological polar surface area (TPSA) is 45.5 Å². The van der Waals surface area contributed by atoms with Gasteiger partial charge < -0.3 is 18.8 Å². The Morgan fingerprint density at radius 1 is 1.33 bits per heavy atom. The number of aryl methyl sites for hydroxylation is 1. The van der Waals surface area contributed by atoms with Gasteiger partial charge in [-0.05, 0) is 30.5 Å². The molecule has 2 unspecified atom stereocenters. The molecule has 5 nitrogen and oxygen atoms in total. The molecule has 2 atom stereocenters. The van der Waals surface area contributed by atoms with Gasteiger partial charge in [0, 0.05) is 18.8 Å². The van der Waals surface area contributed by atoms with Crippen LogP contribution in [0.2, 0.25) is 0 Å². The summed E-state index contributed by atoms with van der Waals surface area (Å²) in [4.78, 5) is 4.13. The van der Waals surface area contributed by atoms with Gasteiger partial charge >= 0.3 is 0 Å². The highest BCUT2D eigenvalue weighted by Gasteiger charge is 2.41. The van der Waals surface area contributed by atoms with Crippen LogP contribution in [0.1, 0.15) is 31.7 Å². The van der Waals surface area contributed by atoms with E-state index in [0.29, 0.717) is 13.2 Å². The average Bonchev–Trinajstić information content (AvgIpc) is 3.25. The summed E-state index contributed by atoms with van der Waals surface area (Å²) in [7, 11) is 1.68. The highest BCUT2D eigenvalue weighted by Crippen LogP contribution is 2.32. The fourth-order valence-electron chi connectivity index (χ4n) is 3.16. The predicted molar refractivity (Wildman–Crippen MR) is 92.0 cm³/mol. The van der Waals surface area contributed by atoms with Crippen LogP contribution in [0.4, 0.5) is 0 Å². The number of benzene rings is 1. The zero-order valence-electron chi connectivity index (χ0n) is 14.5. The van der Waals surface area contributed by atoms with Crippen molar-refractivity contribution < 1.29 is 14.2 Å². The molecule has 0 amide bonds. The molecule has 0 spiro atoms. The van der Waals surface area contributed by atoms with E-state index in [0.717, 1.165) is 31.4 Å². The van der Waals surface area contributed by atoms with Gasteiger partial charge in [0.25, 0.3) is 0 Å². The van der Waals surface area contributed by atoms with E-state index in [1.165, 1.54) is 5.56 Å². The molecule has 2 heterocycles. The first-order valence-electron chi connectivity index (χ1n) is 8.63. The van der Waals surface area contributed by atoms with E-state index in [1.54, 1.807) is 13.3 Å². The van der Waals surface area contributed by atoms with Gasteiger partial charge in [-0.1, -0.05) is 25.5 Å². The first-order chi connectivity index (χ1) is 11.7. The van der Waals surface area contributed by atoms with Gasteiger partial charge in [0.2, 0.25) is 0 Å². The van der Waals surface area contributed by atoms with Crippen molar-refractivity contribution in [3.8, 4) is 5.75 Å². The van der Waals surface area contributed by atoms with Gasteiger partial charge in [0.1, 0.15) is 5.75 Å². The second-order valence-corrected chi connectivity index (χ2v) is 6.33. The van der Waals surface area contributed by atoms with Crippen molar-refractivity contribution in [3.05, 3.63) is 48.5 Å². The summed E-state index contributed by atoms with van der Waals surface area (Å²) < 4.78 is 19.7. The predicted octanol–water partition coefficient (Wildman–Crippen LogP) is 3.44. The quantitative estimate of drug-likeness (QED) is 0.744. The molecule has 2 aromatic rings. The van der Waals surface area contributed by atoms with Crippen molar-refractivity contribution in [2.45, 2.75) is 51.0 Å². The SMILES string of the molecule is CCCC1COC(CCc2ccc(OC)cc2)(Cn2ccnc2)O1. The molecule has 1 saturated heterocycles. The van der Waals surface area contributed by atoms with Gasteiger partial charge in [0.05, 0.1) is 32.7 Å².